The van der Waals surface area contributed by atoms with E-state index in [0.29, 0.717) is 11.1 Å². The molecule has 0 heterocycles. The predicted molar refractivity (Wildman–Crippen MR) is 93.8 cm³/mol. The summed E-state index contributed by atoms with van der Waals surface area (Å²) in [6.07, 6.45) is 1.11. The first-order valence-electron chi connectivity index (χ1n) is 8.16. The molecule has 4 heteroatoms. The molecule has 2 aromatic carbocycles. The molecule has 1 amide bonds. The third kappa shape index (κ3) is 4.13. The Balaban J connectivity index is 2.23. The average Bonchev–Trinajstić information content (AvgIpc) is 2.56. The summed E-state index contributed by atoms with van der Waals surface area (Å²) in [4.78, 5) is 11.6. The van der Waals surface area contributed by atoms with E-state index < -0.39 is 0 Å². The zero-order valence-corrected chi connectivity index (χ0v) is 14.7. The topological polar surface area (TPSA) is 38.3 Å². The number of nitrogens with one attached hydrogen (secondary N) is 1. The summed E-state index contributed by atoms with van der Waals surface area (Å²) < 4.78 is 20.1. The minimum Gasteiger partial charge on any atom is -0.489 e. The number of aryl methyl sites for hydroxylation is 3. The molecule has 0 saturated heterocycles. The van der Waals surface area contributed by atoms with Crippen LogP contribution in [0.2, 0.25) is 0 Å². The minimum atomic E-state index is -0.351. The van der Waals surface area contributed by atoms with Crippen molar-refractivity contribution in [2.75, 3.05) is 7.05 Å². The normalized spacial score (nSPS) is 10.5. The van der Waals surface area contributed by atoms with Gasteiger partial charge in [0.2, 0.25) is 5.91 Å². The lowest BCUT2D eigenvalue weighted by Gasteiger charge is -2.15. The molecule has 3 nitrogen and oxygen atoms in total. The standard InChI is InChI=1S/C20H24FNO2/c1-5-15-9-14(3)19(10-13(15)2)24-12-17-16(11-20(23)22-4)7-6-8-18(17)21/h6-10H,5,11-12H2,1-4H3,(H,22,23). The van der Waals surface area contributed by atoms with Gasteiger partial charge < -0.3 is 10.1 Å². The fourth-order valence-corrected chi connectivity index (χ4v) is 2.73. The van der Waals surface area contributed by atoms with Crippen LogP contribution in [0.3, 0.4) is 0 Å². The van der Waals surface area contributed by atoms with Crippen LogP contribution in [0.5, 0.6) is 5.75 Å². The quantitative estimate of drug-likeness (QED) is 0.873. The van der Waals surface area contributed by atoms with Crippen LogP contribution in [0, 0.1) is 19.7 Å². The molecule has 0 atom stereocenters. The summed E-state index contributed by atoms with van der Waals surface area (Å²) in [5.74, 6) is 0.246. The highest BCUT2D eigenvalue weighted by Crippen LogP contribution is 2.25. The Bertz CT molecular complexity index is 741. The van der Waals surface area contributed by atoms with E-state index in [1.54, 1.807) is 19.2 Å². The first-order chi connectivity index (χ1) is 11.5. The van der Waals surface area contributed by atoms with Gasteiger partial charge in [-0.1, -0.05) is 25.1 Å². The van der Waals surface area contributed by atoms with Gasteiger partial charge in [-0.3, -0.25) is 4.79 Å². The first-order valence-corrected chi connectivity index (χ1v) is 8.16. The molecular weight excluding hydrogens is 305 g/mol. The van der Waals surface area contributed by atoms with Gasteiger partial charge in [0, 0.05) is 12.6 Å². The van der Waals surface area contributed by atoms with E-state index >= 15 is 0 Å². The summed E-state index contributed by atoms with van der Waals surface area (Å²) >= 11 is 0. The fraction of sp³-hybridized carbons (Fsp3) is 0.350. The van der Waals surface area contributed by atoms with Crippen LogP contribution in [-0.2, 0) is 24.2 Å². The zero-order chi connectivity index (χ0) is 17.7. The number of ether oxygens (including phenoxy) is 1. The molecule has 0 fully saturated rings. The van der Waals surface area contributed by atoms with Crippen LogP contribution in [-0.4, -0.2) is 13.0 Å². The van der Waals surface area contributed by atoms with Crippen LogP contribution in [0.25, 0.3) is 0 Å². The van der Waals surface area contributed by atoms with Crippen molar-refractivity contribution in [3.63, 3.8) is 0 Å². The first kappa shape index (κ1) is 18.0. The van der Waals surface area contributed by atoms with E-state index in [9.17, 15) is 9.18 Å². The molecule has 0 aliphatic heterocycles. The van der Waals surface area contributed by atoms with Gasteiger partial charge >= 0.3 is 0 Å². The van der Waals surface area contributed by atoms with Crippen molar-refractivity contribution in [3.8, 4) is 5.75 Å². The van der Waals surface area contributed by atoms with E-state index in [-0.39, 0.29) is 24.8 Å². The number of carbonyl (C=O) groups excluding carboxylic acids is 1. The summed E-state index contributed by atoms with van der Waals surface area (Å²) in [6, 6.07) is 8.87. The number of hydrogen-bond acceptors (Lipinski definition) is 2. The van der Waals surface area contributed by atoms with Gasteiger partial charge in [-0.25, -0.2) is 4.39 Å². The van der Waals surface area contributed by atoms with Crippen molar-refractivity contribution in [3.05, 3.63) is 64.0 Å². The molecular formula is C20H24FNO2. The molecule has 0 saturated carbocycles. The lowest BCUT2D eigenvalue weighted by atomic mass is 10.0. The highest BCUT2D eigenvalue weighted by Gasteiger charge is 2.13. The Morgan fingerprint density at radius 2 is 1.92 bits per heavy atom. The lowest BCUT2D eigenvalue weighted by molar-refractivity contribution is -0.119. The molecule has 24 heavy (non-hydrogen) atoms. The van der Waals surface area contributed by atoms with Crippen molar-refractivity contribution in [1.82, 2.24) is 5.32 Å². The Morgan fingerprint density at radius 1 is 1.17 bits per heavy atom. The third-order valence-corrected chi connectivity index (χ3v) is 4.23. The van der Waals surface area contributed by atoms with Crippen LogP contribution in [0.15, 0.2) is 30.3 Å². The zero-order valence-electron chi connectivity index (χ0n) is 14.7. The van der Waals surface area contributed by atoms with Crippen molar-refractivity contribution in [1.29, 1.82) is 0 Å². The maximum absolute atomic E-state index is 14.2. The number of rotatable bonds is 6. The summed E-state index contributed by atoms with van der Waals surface area (Å²) in [7, 11) is 1.57. The molecule has 0 spiro atoms. The number of carbonyl (C=O) groups is 1. The predicted octanol–water partition coefficient (Wildman–Crippen LogP) is 3.87. The van der Waals surface area contributed by atoms with E-state index in [1.165, 1.54) is 11.6 Å². The second-order valence-corrected chi connectivity index (χ2v) is 5.91. The number of likely N-dealkylation sites (N-methyl/N-ethyl adjacent to an activating group) is 1. The van der Waals surface area contributed by atoms with Gasteiger partial charge in [0.1, 0.15) is 18.2 Å². The van der Waals surface area contributed by atoms with Gasteiger partial charge in [0.05, 0.1) is 6.42 Å². The van der Waals surface area contributed by atoms with Crippen molar-refractivity contribution in [2.45, 2.75) is 40.2 Å². The number of amides is 1. The van der Waals surface area contributed by atoms with E-state index in [2.05, 4.69) is 18.3 Å². The summed E-state index contributed by atoms with van der Waals surface area (Å²) in [5, 5.41) is 2.56. The number of halogens is 1. The van der Waals surface area contributed by atoms with Crippen LogP contribution >= 0.6 is 0 Å². The highest BCUT2D eigenvalue weighted by atomic mass is 19.1. The van der Waals surface area contributed by atoms with Crippen LogP contribution < -0.4 is 10.1 Å². The largest absolute Gasteiger partial charge is 0.489 e. The lowest BCUT2D eigenvalue weighted by Crippen LogP contribution is -2.21. The Labute approximate surface area is 142 Å². The molecule has 1 N–H and O–H groups in total. The molecule has 0 aromatic heterocycles. The van der Waals surface area contributed by atoms with Gasteiger partial charge in [-0.2, -0.15) is 0 Å². The summed E-state index contributed by atoms with van der Waals surface area (Å²) in [6.45, 7) is 6.25. The highest BCUT2D eigenvalue weighted by molar-refractivity contribution is 5.78. The molecule has 0 aliphatic carbocycles. The van der Waals surface area contributed by atoms with Crippen molar-refractivity contribution >= 4 is 5.91 Å². The monoisotopic (exact) mass is 329 g/mol. The number of benzene rings is 2. The van der Waals surface area contributed by atoms with Gasteiger partial charge in [0.15, 0.2) is 0 Å². The van der Waals surface area contributed by atoms with Crippen molar-refractivity contribution in [2.24, 2.45) is 0 Å². The minimum absolute atomic E-state index is 0.102. The molecule has 0 unspecified atom stereocenters. The average molecular weight is 329 g/mol. The second kappa shape index (κ2) is 7.95. The molecule has 0 radical (unpaired) electrons. The van der Waals surface area contributed by atoms with Gasteiger partial charge in [-0.05, 0) is 54.7 Å². The van der Waals surface area contributed by atoms with Gasteiger partial charge in [0.25, 0.3) is 0 Å². The Kier molecular flexibility index (Phi) is 5.96. The van der Waals surface area contributed by atoms with E-state index in [0.717, 1.165) is 23.3 Å². The van der Waals surface area contributed by atoms with Crippen LogP contribution in [0.4, 0.5) is 4.39 Å². The molecule has 0 bridgehead atoms. The Hall–Kier alpha value is -2.36. The molecule has 128 valence electrons. The fourth-order valence-electron chi connectivity index (χ4n) is 2.73. The summed E-state index contributed by atoms with van der Waals surface area (Å²) in [5.41, 5.74) is 4.55. The number of hydrogen-bond donors (Lipinski definition) is 1. The second-order valence-electron chi connectivity index (χ2n) is 5.91. The maximum Gasteiger partial charge on any atom is 0.224 e. The molecule has 2 aromatic rings. The van der Waals surface area contributed by atoms with Crippen LogP contribution in [0.1, 0.15) is 34.7 Å². The third-order valence-electron chi connectivity index (χ3n) is 4.23. The molecule has 2 rings (SSSR count). The maximum atomic E-state index is 14.2. The van der Waals surface area contributed by atoms with Gasteiger partial charge in [-0.15, -0.1) is 0 Å². The molecule has 0 aliphatic rings. The SMILES string of the molecule is CCc1cc(C)c(OCc2c(F)cccc2CC(=O)NC)cc1C. The van der Waals surface area contributed by atoms with E-state index in [1.807, 2.05) is 19.9 Å². The smallest absolute Gasteiger partial charge is 0.224 e. The van der Waals surface area contributed by atoms with Crippen molar-refractivity contribution < 1.29 is 13.9 Å². The Morgan fingerprint density at radius 3 is 2.58 bits per heavy atom. The van der Waals surface area contributed by atoms with E-state index in [4.69, 9.17) is 4.74 Å².